The largest absolute Gasteiger partial charge is 0.463 e. The van der Waals surface area contributed by atoms with E-state index < -0.39 is 8.32 Å². The van der Waals surface area contributed by atoms with Crippen molar-refractivity contribution in [2.45, 2.75) is 25.6 Å². The molecule has 0 aliphatic rings. The standard InChI is InChI=1S/C9H18O3Si/c1-5-9(10)12-7-8-13(4,6-2)11-3/h5H,1,6-8H2,2-4H3. The maximum absolute atomic E-state index is 10.7. The number of hydrogen-bond donors (Lipinski definition) is 0. The fourth-order valence-corrected chi connectivity index (χ4v) is 2.23. The van der Waals surface area contributed by atoms with E-state index in [2.05, 4.69) is 20.0 Å². The minimum absolute atomic E-state index is 0.358. The summed E-state index contributed by atoms with van der Waals surface area (Å²) in [6.07, 6.45) is 1.18. The molecule has 0 aliphatic carbocycles. The zero-order chi connectivity index (χ0) is 10.3. The molecule has 0 aliphatic heterocycles. The molecule has 0 radical (unpaired) electrons. The summed E-state index contributed by atoms with van der Waals surface area (Å²) >= 11 is 0. The quantitative estimate of drug-likeness (QED) is 0.375. The number of rotatable bonds is 6. The van der Waals surface area contributed by atoms with E-state index >= 15 is 0 Å². The Balaban J connectivity index is 3.73. The molecule has 13 heavy (non-hydrogen) atoms. The predicted octanol–water partition coefficient (Wildman–Crippen LogP) is 1.96. The summed E-state index contributed by atoms with van der Waals surface area (Å²) < 4.78 is 10.3. The highest BCUT2D eigenvalue weighted by atomic mass is 28.4. The highest BCUT2D eigenvalue weighted by molar-refractivity contribution is 6.72. The summed E-state index contributed by atoms with van der Waals surface area (Å²) in [5, 5.41) is 0. The highest BCUT2D eigenvalue weighted by Crippen LogP contribution is 2.15. The number of esters is 1. The fraction of sp³-hybridized carbons (Fsp3) is 0.667. The van der Waals surface area contributed by atoms with Crippen LogP contribution in [0.2, 0.25) is 18.6 Å². The summed E-state index contributed by atoms with van der Waals surface area (Å²) in [5.41, 5.74) is 0. The Hall–Kier alpha value is -0.613. The van der Waals surface area contributed by atoms with Gasteiger partial charge < -0.3 is 9.16 Å². The van der Waals surface area contributed by atoms with Crippen molar-refractivity contribution in [3.05, 3.63) is 12.7 Å². The maximum Gasteiger partial charge on any atom is 0.330 e. The minimum atomic E-state index is -1.59. The third kappa shape index (κ3) is 4.85. The van der Waals surface area contributed by atoms with Crippen LogP contribution >= 0.6 is 0 Å². The van der Waals surface area contributed by atoms with Gasteiger partial charge in [0.1, 0.15) is 0 Å². The van der Waals surface area contributed by atoms with Crippen LogP contribution in [0, 0.1) is 0 Å². The number of carbonyl (C=O) groups excluding carboxylic acids is 1. The molecular weight excluding hydrogens is 184 g/mol. The van der Waals surface area contributed by atoms with Gasteiger partial charge in [-0.15, -0.1) is 0 Å². The van der Waals surface area contributed by atoms with Gasteiger partial charge >= 0.3 is 5.97 Å². The number of ether oxygens (including phenoxy) is 1. The number of carbonyl (C=O) groups is 1. The summed E-state index contributed by atoms with van der Waals surface area (Å²) in [6.45, 7) is 8.00. The second-order valence-electron chi connectivity index (χ2n) is 3.13. The van der Waals surface area contributed by atoms with E-state index in [1.54, 1.807) is 7.11 Å². The summed E-state index contributed by atoms with van der Waals surface area (Å²) in [4.78, 5) is 10.7. The van der Waals surface area contributed by atoms with Crippen LogP contribution in [0.4, 0.5) is 0 Å². The van der Waals surface area contributed by atoms with Crippen molar-refractivity contribution in [1.82, 2.24) is 0 Å². The lowest BCUT2D eigenvalue weighted by molar-refractivity contribution is -0.137. The summed E-state index contributed by atoms with van der Waals surface area (Å²) in [5.74, 6) is -0.358. The van der Waals surface area contributed by atoms with Crippen molar-refractivity contribution in [3.8, 4) is 0 Å². The van der Waals surface area contributed by atoms with Crippen molar-refractivity contribution < 1.29 is 14.0 Å². The van der Waals surface area contributed by atoms with Crippen LogP contribution in [0.25, 0.3) is 0 Å². The molecule has 0 rings (SSSR count). The molecule has 0 N–H and O–H groups in total. The number of hydrogen-bond acceptors (Lipinski definition) is 3. The fourth-order valence-electron chi connectivity index (χ4n) is 0.850. The van der Waals surface area contributed by atoms with Crippen molar-refractivity contribution in [2.75, 3.05) is 13.7 Å². The zero-order valence-corrected chi connectivity index (χ0v) is 9.63. The van der Waals surface area contributed by atoms with Crippen molar-refractivity contribution in [1.29, 1.82) is 0 Å². The van der Waals surface area contributed by atoms with E-state index in [4.69, 9.17) is 9.16 Å². The van der Waals surface area contributed by atoms with E-state index in [9.17, 15) is 4.79 Å². The first-order valence-corrected chi connectivity index (χ1v) is 7.24. The summed E-state index contributed by atoms with van der Waals surface area (Å²) in [6, 6.07) is 1.88. The van der Waals surface area contributed by atoms with Crippen molar-refractivity contribution in [2.24, 2.45) is 0 Å². The topological polar surface area (TPSA) is 35.5 Å². The third-order valence-electron chi connectivity index (χ3n) is 2.28. The van der Waals surface area contributed by atoms with Gasteiger partial charge in [0.2, 0.25) is 0 Å². The van der Waals surface area contributed by atoms with Gasteiger partial charge in [-0.25, -0.2) is 4.79 Å². The van der Waals surface area contributed by atoms with Crippen LogP contribution in [0.3, 0.4) is 0 Å². The Bertz CT molecular complexity index is 176. The van der Waals surface area contributed by atoms with Crippen LogP contribution in [-0.2, 0) is 14.0 Å². The van der Waals surface area contributed by atoms with E-state index in [-0.39, 0.29) is 5.97 Å². The molecule has 0 bridgehead atoms. The lowest BCUT2D eigenvalue weighted by atomic mass is 10.6. The van der Waals surface area contributed by atoms with Crippen LogP contribution < -0.4 is 0 Å². The Morgan fingerprint density at radius 3 is 2.62 bits per heavy atom. The molecule has 0 aromatic carbocycles. The Kier molecular flexibility index (Phi) is 5.66. The van der Waals surface area contributed by atoms with Crippen LogP contribution in [0.15, 0.2) is 12.7 Å². The van der Waals surface area contributed by atoms with Gasteiger partial charge in [0.15, 0.2) is 8.32 Å². The van der Waals surface area contributed by atoms with Gasteiger partial charge in [0.25, 0.3) is 0 Å². The molecule has 0 fully saturated rings. The first-order valence-electron chi connectivity index (χ1n) is 4.42. The molecule has 0 saturated heterocycles. The van der Waals surface area contributed by atoms with E-state index in [1.807, 2.05) is 0 Å². The highest BCUT2D eigenvalue weighted by Gasteiger charge is 2.25. The smallest absolute Gasteiger partial charge is 0.330 e. The van der Waals surface area contributed by atoms with E-state index in [0.29, 0.717) is 6.61 Å². The molecule has 4 heteroatoms. The second-order valence-corrected chi connectivity index (χ2v) is 7.64. The van der Waals surface area contributed by atoms with Gasteiger partial charge in [-0.1, -0.05) is 13.5 Å². The normalized spacial score (nSPS) is 14.7. The SMILES string of the molecule is C=CC(=O)OCC[Si](C)(CC)OC. The van der Waals surface area contributed by atoms with Crippen LogP contribution in [0.1, 0.15) is 6.92 Å². The van der Waals surface area contributed by atoms with E-state index in [0.717, 1.165) is 12.1 Å². The predicted molar refractivity (Wildman–Crippen MR) is 55.1 cm³/mol. The van der Waals surface area contributed by atoms with Crippen molar-refractivity contribution in [3.63, 3.8) is 0 Å². The molecule has 3 nitrogen and oxygen atoms in total. The lowest BCUT2D eigenvalue weighted by Crippen LogP contribution is -2.33. The average Bonchev–Trinajstić information content (AvgIpc) is 2.17. The Morgan fingerprint density at radius 1 is 1.62 bits per heavy atom. The summed E-state index contributed by atoms with van der Waals surface area (Å²) in [7, 11) is 0.139. The Labute approximate surface area is 80.9 Å². The minimum Gasteiger partial charge on any atom is -0.463 e. The van der Waals surface area contributed by atoms with Crippen LogP contribution in [-0.4, -0.2) is 28.0 Å². The first kappa shape index (κ1) is 12.4. The molecule has 0 saturated carbocycles. The Morgan fingerprint density at radius 2 is 2.23 bits per heavy atom. The molecule has 1 atom stereocenters. The first-order chi connectivity index (χ1) is 6.08. The second kappa shape index (κ2) is 5.94. The van der Waals surface area contributed by atoms with Crippen molar-refractivity contribution >= 4 is 14.3 Å². The van der Waals surface area contributed by atoms with Gasteiger partial charge in [-0.3, -0.25) is 0 Å². The van der Waals surface area contributed by atoms with Gasteiger partial charge in [0, 0.05) is 19.2 Å². The molecular formula is C9H18O3Si. The van der Waals surface area contributed by atoms with Crippen LogP contribution in [0.5, 0.6) is 0 Å². The zero-order valence-electron chi connectivity index (χ0n) is 8.63. The van der Waals surface area contributed by atoms with Gasteiger partial charge in [-0.2, -0.15) is 0 Å². The monoisotopic (exact) mass is 202 g/mol. The maximum atomic E-state index is 10.7. The molecule has 76 valence electrons. The van der Waals surface area contributed by atoms with E-state index in [1.165, 1.54) is 6.08 Å². The molecule has 0 aromatic heterocycles. The molecule has 0 spiro atoms. The van der Waals surface area contributed by atoms with Gasteiger partial charge in [-0.05, 0) is 12.6 Å². The molecule has 0 heterocycles. The molecule has 0 amide bonds. The van der Waals surface area contributed by atoms with Gasteiger partial charge in [0.05, 0.1) is 6.61 Å². The molecule has 0 aromatic rings. The lowest BCUT2D eigenvalue weighted by Gasteiger charge is -2.22. The molecule has 1 unspecified atom stereocenters. The average molecular weight is 202 g/mol. The third-order valence-corrected chi connectivity index (χ3v) is 6.03.